The van der Waals surface area contributed by atoms with Crippen molar-refractivity contribution in [2.45, 2.75) is 159 Å². The van der Waals surface area contributed by atoms with E-state index >= 15 is 0 Å². The minimum atomic E-state index is -2.00. The van der Waals surface area contributed by atoms with Crippen LogP contribution >= 0.6 is 62.1 Å². The summed E-state index contributed by atoms with van der Waals surface area (Å²) < 4.78 is 22.0. The minimum absolute atomic E-state index is 0.0459. The van der Waals surface area contributed by atoms with Gasteiger partial charge in [-0.25, -0.2) is 19.4 Å². The summed E-state index contributed by atoms with van der Waals surface area (Å²) in [5.41, 5.74) is 2.55. The van der Waals surface area contributed by atoms with Crippen LogP contribution in [0.25, 0.3) is 0 Å². The Morgan fingerprint density at radius 1 is 1.04 bits per heavy atom. The van der Waals surface area contributed by atoms with E-state index in [4.69, 9.17) is 58.4 Å². The molecular weight excluding hydrogens is 843 g/mol. The van der Waals surface area contributed by atoms with Crippen LogP contribution in [-0.4, -0.2) is 65.6 Å². The second-order valence-electron chi connectivity index (χ2n) is 15.2. The molecule has 300 valence electrons. The molecule has 1 aromatic heterocycles. The van der Waals surface area contributed by atoms with Crippen molar-refractivity contribution in [3.63, 3.8) is 0 Å². The first-order valence-corrected chi connectivity index (χ1v) is 22.8. The van der Waals surface area contributed by atoms with Gasteiger partial charge in [-0.05, 0) is 100 Å². The van der Waals surface area contributed by atoms with Crippen LogP contribution in [0.2, 0.25) is 16.6 Å². The van der Waals surface area contributed by atoms with Gasteiger partial charge >= 0.3 is 18.0 Å². The molecule has 0 fully saturated rings. The van der Waals surface area contributed by atoms with E-state index in [1.807, 2.05) is 19.2 Å². The lowest BCUT2D eigenvalue weighted by Gasteiger charge is -2.44. The number of rotatable bonds is 18. The highest BCUT2D eigenvalue weighted by atomic mass is 79.9. The number of hydrogen-bond acceptors (Lipinski definition) is 9. The average molecular weight is 901 g/mol. The highest BCUT2D eigenvalue weighted by molar-refractivity contribution is 9.11. The lowest BCUT2D eigenvalue weighted by atomic mass is 10.1. The van der Waals surface area contributed by atoms with Crippen molar-refractivity contribution in [1.82, 2.24) is 10.3 Å². The molecule has 0 unspecified atom stereocenters. The van der Waals surface area contributed by atoms with Crippen molar-refractivity contribution in [1.29, 1.82) is 0 Å². The maximum absolute atomic E-state index is 12.8. The third kappa shape index (κ3) is 19.7. The molecule has 1 amide bonds. The number of alkyl halides is 3. The molecule has 0 bridgehead atoms. The number of ether oxygens (including phenoxy) is 3. The molecule has 0 aliphatic rings. The van der Waals surface area contributed by atoms with Gasteiger partial charge in [0.1, 0.15) is 24.4 Å². The Bertz CT molecular complexity index is 1450. The second kappa shape index (κ2) is 22.8. The first-order chi connectivity index (χ1) is 24.3. The first kappa shape index (κ1) is 49.4. The van der Waals surface area contributed by atoms with Crippen molar-refractivity contribution in [3.8, 4) is 11.8 Å². The van der Waals surface area contributed by atoms with Crippen molar-refractivity contribution in [3.05, 3.63) is 38.3 Å². The lowest BCUT2D eigenvalue weighted by molar-refractivity contribution is -0.146. The Morgan fingerprint density at radius 3 is 2.17 bits per heavy atom. The van der Waals surface area contributed by atoms with E-state index in [-0.39, 0.29) is 12.5 Å². The smallest absolute Gasteiger partial charge is 0.408 e. The van der Waals surface area contributed by atoms with Gasteiger partial charge in [-0.1, -0.05) is 104 Å². The number of esters is 2. The topological polar surface area (TPSA) is 113 Å². The lowest BCUT2D eigenvalue weighted by Crippen LogP contribution is -2.49. The quantitative estimate of drug-likeness (QED) is 0.0387. The van der Waals surface area contributed by atoms with Gasteiger partial charge in [0.15, 0.2) is 0 Å². The zero-order valence-electron chi connectivity index (χ0n) is 33.2. The van der Waals surface area contributed by atoms with Crippen LogP contribution in [0.1, 0.15) is 113 Å². The Kier molecular flexibility index (Phi) is 21.3. The summed E-state index contributed by atoms with van der Waals surface area (Å²) in [5, 5.41) is 5.22. The Hall–Kier alpha value is -1.59. The number of carbonyl (C=O) groups is 3. The van der Waals surface area contributed by atoms with E-state index in [1.165, 1.54) is 11.3 Å². The normalized spacial score (nSPS) is 14.8. The highest BCUT2D eigenvalue weighted by Crippen LogP contribution is 2.43. The number of hydrogen-bond donors (Lipinski definition) is 1. The number of nitrogens with one attached hydrogen (secondary N) is 1. The fourth-order valence-electron chi connectivity index (χ4n) is 6.26. The summed E-state index contributed by atoms with van der Waals surface area (Å²) >= 11 is 22.1. The first-order valence-electron chi connectivity index (χ1n) is 17.9. The number of aromatic nitrogens is 1. The van der Waals surface area contributed by atoms with E-state index < -0.39 is 54.5 Å². The number of nitrogens with zero attached hydrogens (tertiary/aromatic N) is 1. The maximum atomic E-state index is 12.8. The van der Waals surface area contributed by atoms with Crippen LogP contribution in [-0.2, 0) is 41.1 Å². The molecule has 15 heteroatoms. The van der Waals surface area contributed by atoms with Gasteiger partial charge in [-0.15, -0.1) is 11.3 Å². The van der Waals surface area contributed by atoms with Crippen LogP contribution in [0.4, 0.5) is 4.79 Å². The van der Waals surface area contributed by atoms with E-state index in [0.717, 1.165) is 27.2 Å². The summed E-state index contributed by atoms with van der Waals surface area (Å²) in [7, 11) is -2.00. The van der Waals surface area contributed by atoms with Crippen LogP contribution in [0.15, 0.2) is 27.6 Å². The SMILES string of the molecule is C/C(Br)=C\[C@H](Cc1nc(CCC[C@H](NC(=O)OC(C)(C)C)C(=O)OCC(Cl)(Cl)Cl)cs1)OC(=O)C#C/C=C(\C)C[C@H](C)O[Si](C(C)C)(C(C)C)C(C)C. The molecule has 9 nitrogen and oxygen atoms in total. The maximum Gasteiger partial charge on any atom is 0.408 e. The van der Waals surface area contributed by atoms with E-state index in [0.29, 0.717) is 35.9 Å². The summed E-state index contributed by atoms with van der Waals surface area (Å²) in [4.78, 5) is 42.6. The standard InChI is InChI=1S/C38H58BrCl3N2O7SSi/c1-24(2)53(25(3)4,26(5)6)51-29(9)19-27(7)15-13-18-34(45)49-31(20-28(8)39)21-33-43-30(22-52-33)16-14-17-32(35(46)48-23-38(40,41)42)44-36(47)50-37(10,11)12/h15,20,22,24-26,29,31-32H,14,16-17,19,21,23H2,1-12H3,(H,44,47)/b27-15+,28-20+/t29-,31+,32-/m0/s1. The Morgan fingerprint density at radius 2 is 1.64 bits per heavy atom. The highest BCUT2D eigenvalue weighted by Gasteiger charge is 2.46. The fraction of sp³-hybridized carbons (Fsp3) is 0.684. The van der Waals surface area contributed by atoms with E-state index in [9.17, 15) is 14.4 Å². The van der Waals surface area contributed by atoms with Gasteiger partial charge in [-0.3, -0.25) is 0 Å². The molecule has 0 spiro atoms. The van der Waals surface area contributed by atoms with Gasteiger partial charge in [-0.2, -0.15) is 0 Å². The zero-order chi connectivity index (χ0) is 40.7. The molecule has 0 saturated heterocycles. The molecule has 0 aliphatic carbocycles. The third-order valence-corrected chi connectivity index (χ3v) is 15.9. The molecule has 1 N–H and O–H groups in total. The van der Waals surface area contributed by atoms with Crippen LogP contribution in [0.3, 0.4) is 0 Å². The Balaban J connectivity index is 2.88. The number of alkyl carbamates (subject to hydrolysis) is 1. The van der Waals surface area contributed by atoms with Crippen molar-refractivity contribution < 1.29 is 33.0 Å². The average Bonchev–Trinajstić information content (AvgIpc) is 3.42. The number of thiazole rings is 1. The number of halogens is 4. The molecule has 0 saturated carbocycles. The number of allylic oxidation sites excluding steroid dienone is 2. The van der Waals surface area contributed by atoms with Gasteiger partial charge in [0.2, 0.25) is 12.1 Å². The number of carbonyl (C=O) groups excluding carboxylic acids is 3. The van der Waals surface area contributed by atoms with Crippen molar-refractivity contribution in [2.24, 2.45) is 0 Å². The van der Waals surface area contributed by atoms with Gasteiger partial charge < -0.3 is 24.0 Å². The fourth-order valence-corrected chi connectivity index (χ4v) is 13.2. The van der Waals surface area contributed by atoms with E-state index in [1.54, 1.807) is 32.9 Å². The van der Waals surface area contributed by atoms with Gasteiger partial charge in [0, 0.05) is 23.8 Å². The number of aryl methyl sites for hydroxylation is 1. The van der Waals surface area contributed by atoms with Crippen LogP contribution < -0.4 is 5.32 Å². The molecule has 0 radical (unpaired) electrons. The summed E-state index contributed by atoms with van der Waals surface area (Å²) in [5.74, 6) is 4.07. The predicted molar refractivity (Wildman–Crippen MR) is 223 cm³/mol. The third-order valence-electron chi connectivity index (χ3n) is 8.14. The molecule has 3 atom stereocenters. The largest absolute Gasteiger partial charge is 0.460 e. The van der Waals surface area contributed by atoms with Crippen molar-refractivity contribution >= 4 is 88.4 Å². The molecule has 0 aliphatic heterocycles. The van der Waals surface area contributed by atoms with Gasteiger partial charge in [0.05, 0.1) is 10.7 Å². The Labute approximate surface area is 345 Å². The monoisotopic (exact) mass is 898 g/mol. The minimum Gasteiger partial charge on any atom is -0.460 e. The molecule has 1 heterocycles. The van der Waals surface area contributed by atoms with E-state index in [2.05, 4.69) is 81.6 Å². The van der Waals surface area contributed by atoms with Crippen LogP contribution in [0.5, 0.6) is 0 Å². The second-order valence-corrected chi connectivity index (χ2v) is 25.3. The molecule has 1 rings (SSSR count). The van der Waals surface area contributed by atoms with Crippen molar-refractivity contribution in [2.75, 3.05) is 6.61 Å². The van der Waals surface area contributed by atoms with Crippen LogP contribution in [0, 0.1) is 11.8 Å². The summed E-state index contributed by atoms with van der Waals surface area (Å²) in [6.45, 7) is 24.3. The van der Waals surface area contributed by atoms with Gasteiger partial charge in [0.25, 0.3) is 0 Å². The zero-order valence-corrected chi connectivity index (χ0v) is 38.8. The summed E-state index contributed by atoms with van der Waals surface area (Å²) in [6.07, 6.45) is 4.54. The molecule has 53 heavy (non-hydrogen) atoms. The predicted octanol–water partition coefficient (Wildman–Crippen LogP) is 10.9. The molecule has 1 aromatic rings. The molecular formula is C38H58BrCl3N2O7SSi. The summed E-state index contributed by atoms with van der Waals surface area (Å²) in [6, 6.07) is -1.02. The number of amides is 1. The molecule has 0 aromatic carbocycles.